The van der Waals surface area contributed by atoms with Crippen LogP contribution in [0.1, 0.15) is 5.56 Å². The molecule has 25 heavy (non-hydrogen) atoms. The van der Waals surface area contributed by atoms with Crippen molar-refractivity contribution in [2.45, 2.75) is 11.8 Å². The fourth-order valence-corrected chi connectivity index (χ4v) is 3.45. The fraction of sp³-hybridized carbons (Fsp3) is 0.188. The van der Waals surface area contributed by atoms with E-state index in [2.05, 4.69) is 0 Å². The number of hydrogen-bond acceptors (Lipinski definition) is 4. The number of anilines is 1. The van der Waals surface area contributed by atoms with E-state index in [4.69, 9.17) is 9.84 Å². The Kier molecular flexibility index (Phi) is 5.27. The van der Waals surface area contributed by atoms with Gasteiger partial charge in [-0.2, -0.15) is 0 Å². The fourth-order valence-electron chi connectivity index (χ4n) is 2.15. The number of ether oxygens (including phenoxy) is 1. The van der Waals surface area contributed by atoms with Crippen LogP contribution in [-0.4, -0.2) is 33.1 Å². The van der Waals surface area contributed by atoms with Crippen molar-refractivity contribution < 1.29 is 31.8 Å². The maximum absolute atomic E-state index is 13.8. The van der Waals surface area contributed by atoms with Crippen LogP contribution in [0.3, 0.4) is 0 Å². The maximum atomic E-state index is 13.8. The Bertz CT molecular complexity index is 894. The third-order valence-electron chi connectivity index (χ3n) is 3.41. The summed E-state index contributed by atoms with van der Waals surface area (Å²) >= 11 is 0. The molecule has 0 aromatic heterocycles. The van der Waals surface area contributed by atoms with Gasteiger partial charge in [-0.1, -0.05) is 6.07 Å². The molecule has 6 nitrogen and oxygen atoms in total. The number of nitrogens with zero attached hydrogens (tertiary/aromatic N) is 1. The van der Waals surface area contributed by atoms with E-state index >= 15 is 0 Å². The molecule has 134 valence electrons. The lowest BCUT2D eigenvalue weighted by molar-refractivity contribution is -0.139. The molecular weight excluding hydrogens is 356 g/mol. The molecule has 0 unspecified atom stereocenters. The van der Waals surface area contributed by atoms with E-state index in [1.54, 1.807) is 0 Å². The number of carboxylic acid groups (broad SMARTS) is 1. The first kappa shape index (κ1) is 18.7. The van der Waals surface area contributed by atoms with Gasteiger partial charge in [0.1, 0.15) is 11.4 Å². The van der Waals surface area contributed by atoms with Crippen LogP contribution in [0, 0.1) is 18.6 Å². The van der Waals surface area contributed by atoms with Gasteiger partial charge in [0.2, 0.25) is 0 Å². The van der Waals surface area contributed by atoms with Crippen molar-refractivity contribution >= 4 is 21.7 Å². The van der Waals surface area contributed by atoms with E-state index in [0.717, 1.165) is 25.2 Å². The number of carboxylic acids is 1. The smallest absolute Gasteiger partial charge is 0.341 e. The molecule has 0 radical (unpaired) electrons. The number of carbonyl (C=O) groups is 1. The van der Waals surface area contributed by atoms with E-state index in [9.17, 15) is 22.0 Å². The van der Waals surface area contributed by atoms with E-state index in [0.29, 0.717) is 9.87 Å². The molecule has 0 bridgehead atoms. The summed E-state index contributed by atoms with van der Waals surface area (Å²) in [4.78, 5) is 10.3. The lowest BCUT2D eigenvalue weighted by Gasteiger charge is -2.21. The molecule has 0 aliphatic rings. The predicted molar refractivity (Wildman–Crippen MR) is 86.3 cm³/mol. The molecule has 0 heterocycles. The van der Waals surface area contributed by atoms with Gasteiger partial charge >= 0.3 is 5.97 Å². The molecule has 2 aromatic rings. The first-order valence-electron chi connectivity index (χ1n) is 7.02. The molecule has 1 N–H and O–H groups in total. The second kappa shape index (κ2) is 7.06. The monoisotopic (exact) mass is 371 g/mol. The van der Waals surface area contributed by atoms with Gasteiger partial charge in [0, 0.05) is 7.05 Å². The van der Waals surface area contributed by atoms with Crippen molar-refractivity contribution in [1.29, 1.82) is 0 Å². The van der Waals surface area contributed by atoms with Gasteiger partial charge in [-0.3, -0.25) is 4.31 Å². The average molecular weight is 371 g/mol. The van der Waals surface area contributed by atoms with Crippen molar-refractivity contribution in [1.82, 2.24) is 0 Å². The number of halogens is 2. The zero-order chi connectivity index (χ0) is 18.8. The Balaban J connectivity index is 2.39. The molecule has 0 saturated carbocycles. The highest BCUT2D eigenvalue weighted by molar-refractivity contribution is 7.92. The number of aliphatic carboxylic acids is 1. The molecule has 0 amide bonds. The molecule has 2 aromatic carbocycles. The molecule has 0 fully saturated rings. The number of sulfonamides is 1. The largest absolute Gasteiger partial charge is 0.482 e. The Labute approximate surface area is 143 Å². The van der Waals surface area contributed by atoms with E-state index in [1.165, 1.54) is 25.1 Å². The molecule has 2 rings (SSSR count). The van der Waals surface area contributed by atoms with Crippen molar-refractivity contribution in [3.05, 3.63) is 53.6 Å². The van der Waals surface area contributed by atoms with Gasteiger partial charge < -0.3 is 9.84 Å². The summed E-state index contributed by atoms with van der Waals surface area (Å²) in [5, 5.41) is 8.60. The zero-order valence-electron chi connectivity index (χ0n) is 13.4. The normalized spacial score (nSPS) is 11.2. The van der Waals surface area contributed by atoms with Crippen LogP contribution < -0.4 is 9.04 Å². The minimum Gasteiger partial charge on any atom is -0.482 e. The topological polar surface area (TPSA) is 83.9 Å². The Morgan fingerprint density at radius 1 is 1.20 bits per heavy atom. The molecule has 0 aliphatic heterocycles. The van der Waals surface area contributed by atoms with Crippen LogP contribution in [-0.2, 0) is 14.8 Å². The predicted octanol–water partition coefficient (Wildman–Crippen LogP) is 2.56. The van der Waals surface area contributed by atoms with Crippen LogP contribution in [0.15, 0.2) is 41.3 Å². The quantitative estimate of drug-likeness (QED) is 0.844. The minimum absolute atomic E-state index is 0.195. The second-order valence-electron chi connectivity index (χ2n) is 5.15. The Hall–Kier alpha value is -2.68. The van der Waals surface area contributed by atoms with E-state index < -0.39 is 39.9 Å². The SMILES string of the molecule is Cc1cc(S(=O)(=O)N(C)c2c(F)cccc2F)ccc1OCC(=O)O. The number of para-hydroxylation sites is 1. The summed E-state index contributed by atoms with van der Waals surface area (Å²) in [6, 6.07) is 6.75. The average Bonchev–Trinajstić information content (AvgIpc) is 2.53. The molecule has 0 aliphatic carbocycles. The van der Waals surface area contributed by atoms with Crippen LogP contribution in [0.5, 0.6) is 5.75 Å². The molecule has 0 spiro atoms. The lowest BCUT2D eigenvalue weighted by atomic mass is 10.2. The van der Waals surface area contributed by atoms with Crippen LogP contribution in [0.25, 0.3) is 0 Å². The van der Waals surface area contributed by atoms with Gasteiger partial charge in [0.25, 0.3) is 10.0 Å². The summed E-state index contributed by atoms with van der Waals surface area (Å²) in [5.74, 6) is -3.00. The zero-order valence-corrected chi connectivity index (χ0v) is 14.2. The Morgan fingerprint density at radius 3 is 2.32 bits per heavy atom. The number of rotatable bonds is 6. The molecule has 0 saturated heterocycles. The number of aryl methyl sites for hydroxylation is 1. The van der Waals surface area contributed by atoms with Gasteiger partial charge in [0.15, 0.2) is 18.2 Å². The van der Waals surface area contributed by atoms with Crippen molar-refractivity contribution in [2.24, 2.45) is 0 Å². The summed E-state index contributed by atoms with van der Waals surface area (Å²) in [6.45, 7) is 0.952. The minimum atomic E-state index is -4.23. The first-order valence-corrected chi connectivity index (χ1v) is 8.47. The van der Waals surface area contributed by atoms with Gasteiger partial charge in [-0.05, 0) is 42.8 Å². The van der Waals surface area contributed by atoms with E-state index in [1.807, 2.05) is 0 Å². The van der Waals surface area contributed by atoms with E-state index in [-0.39, 0.29) is 10.6 Å². The van der Waals surface area contributed by atoms with Crippen LogP contribution in [0.2, 0.25) is 0 Å². The summed E-state index contributed by atoms with van der Waals surface area (Å²) < 4.78 is 58.5. The summed E-state index contributed by atoms with van der Waals surface area (Å²) in [5.41, 5.74) is -0.323. The van der Waals surface area contributed by atoms with Crippen molar-refractivity contribution in [3.8, 4) is 5.75 Å². The maximum Gasteiger partial charge on any atom is 0.341 e. The molecular formula is C16H15F2NO5S. The highest BCUT2D eigenvalue weighted by Crippen LogP contribution is 2.29. The van der Waals surface area contributed by atoms with Gasteiger partial charge in [-0.25, -0.2) is 22.0 Å². The highest BCUT2D eigenvalue weighted by atomic mass is 32.2. The molecule has 9 heteroatoms. The number of benzene rings is 2. The third kappa shape index (κ3) is 3.87. The second-order valence-corrected chi connectivity index (χ2v) is 7.12. The summed E-state index contributed by atoms with van der Waals surface area (Å²) in [7, 11) is -3.18. The van der Waals surface area contributed by atoms with Crippen LogP contribution in [0.4, 0.5) is 14.5 Å². The Morgan fingerprint density at radius 2 is 1.80 bits per heavy atom. The van der Waals surface area contributed by atoms with Crippen molar-refractivity contribution in [3.63, 3.8) is 0 Å². The highest BCUT2D eigenvalue weighted by Gasteiger charge is 2.26. The summed E-state index contributed by atoms with van der Waals surface area (Å²) in [6.07, 6.45) is 0. The van der Waals surface area contributed by atoms with Gasteiger partial charge in [0.05, 0.1) is 4.90 Å². The molecule has 0 atom stereocenters. The standard InChI is InChI=1S/C16H15F2NO5S/c1-10-8-11(6-7-14(10)24-9-15(20)21)25(22,23)19(2)16-12(17)4-3-5-13(16)18/h3-8H,9H2,1-2H3,(H,20,21). The third-order valence-corrected chi connectivity index (χ3v) is 5.16. The first-order chi connectivity index (χ1) is 11.6. The van der Waals surface area contributed by atoms with Crippen molar-refractivity contribution in [2.75, 3.05) is 18.0 Å². The van der Waals surface area contributed by atoms with Gasteiger partial charge in [-0.15, -0.1) is 0 Å². The number of hydrogen-bond donors (Lipinski definition) is 1. The lowest BCUT2D eigenvalue weighted by Crippen LogP contribution is -2.28. The van der Waals surface area contributed by atoms with Crippen LogP contribution >= 0.6 is 0 Å².